The van der Waals surface area contributed by atoms with Gasteiger partial charge in [0, 0.05) is 49.8 Å². The number of nitrogens with one attached hydrogen (secondary N) is 2. The molecule has 4 fully saturated rings. The molecule has 5 atom stereocenters. The monoisotopic (exact) mass is 558 g/mol. The summed E-state index contributed by atoms with van der Waals surface area (Å²) in [5.74, 6) is -1.30. The lowest BCUT2D eigenvalue weighted by Gasteiger charge is -2.35. The van der Waals surface area contributed by atoms with Gasteiger partial charge in [-0.3, -0.25) is 19.3 Å². The quantitative estimate of drug-likeness (QED) is 0.337. The summed E-state index contributed by atoms with van der Waals surface area (Å²) in [6.07, 6.45) is 4.84. The summed E-state index contributed by atoms with van der Waals surface area (Å²) in [6.45, 7) is 7.16. The summed E-state index contributed by atoms with van der Waals surface area (Å²) >= 11 is 1.71. The van der Waals surface area contributed by atoms with Gasteiger partial charge in [0.1, 0.15) is 6.04 Å². The number of morpholine rings is 1. The van der Waals surface area contributed by atoms with E-state index in [9.17, 15) is 14.4 Å². The van der Waals surface area contributed by atoms with E-state index in [1.165, 1.54) is 0 Å². The van der Waals surface area contributed by atoms with Crippen LogP contribution in [0.4, 0.5) is 5.69 Å². The number of benzene rings is 1. The Morgan fingerprint density at radius 2 is 1.79 bits per heavy atom. The minimum Gasteiger partial charge on any atom is -0.396 e. The van der Waals surface area contributed by atoms with Crippen LogP contribution in [0.5, 0.6) is 0 Å². The number of hydrogen-bond donors (Lipinski definition) is 3. The normalized spacial score (nSPS) is 31.9. The average molecular weight is 559 g/mol. The number of aliphatic hydroxyl groups excluding tert-OH is 1. The highest BCUT2D eigenvalue weighted by Crippen LogP contribution is 2.71. The Labute approximate surface area is 235 Å². The van der Waals surface area contributed by atoms with Gasteiger partial charge in [-0.05, 0) is 44.7 Å². The lowest BCUT2D eigenvalue weighted by molar-refractivity contribution is -0.139. The molecule has 10 heteroatoms. The number of ether oxygens (including phenoxy) is 1. The van der Waals surface area contributed by atoms with Crippen molar-refractivity contribution in [3.63, 3.8) is 0 Å². The number of unbranched alkanes of at least 4 members (excludes halogenated alkanes) is 3. The fraction of sp³-hybridized carbons (Fsp3) is 0.690. The molecule has 1 aromatic carbocycles. The lowest BCUT2D eigenvalue weighted by Crippen LogP contribution is -2.54. The number of thioether (sulfide) groups is 1. The Morgan fingerprint density at radius 1 is 1.05 bits per heavy atom. The number of aliphatic hydroxyl groups is 1. The SMILES string of the molecule is C[C@@]12CCC3(S1)C(C(=O)NCCN1CCOCC1)N(CCCCCCO)C(=O)[C@@H]3[C@@H]2C(=O)Nc1ccccc1. The first-order valence-electron chi connectivity index (χ1n) is 14.4. The Hall–Kier alpha value is -2.14. The zero-order chi connectivity index (χ0) is 27.5. The molecule has 1 aromatic rings. The van der Waals surface area contributed by atoms with Crippen LogP contribution in [-0.4, -0.2) is 101 Å². The number of nitrogens with zero attached hydrogens (tertiary/aromatic N) is 2. The molecule has 4 saturated heterocycles. The summed E-state index contributed by atoms with van der Waals surface area (Å²) in [6, 6.07) is 8.79. The number of para-hydroxylation sites is 1. The molecule has 4 aliphatic heterocycles. The molecule has 214 valence electrons. The molecule has 39 heavy (non-hydrogen) atoms. The van der Waals surface area contributed by atoms with Crippen LogP contribution < -0.4 is 10.6 Å². The van der Waals surface area contributed by atoms with E-state index in [0.29, 0.717) is 26.3 Å². The van der Waals surface area contributed by atoms with Crippen LogP contribution in [-0.2, 0) is 19.1 Å². The van der Waals surface area contributed by atoms with Crippen LogP contribution in [0.3, 0.4) is 0 Å². The Balaban J connectivity index is 1.35. The summed E-state index contributed by atoms with van der Waals surface area (Å²) in [7, 11) is 0. The molecule has 0 aliphatic carbocycles. The van der Waals surface area contributed by atoms with E-state index in [1.54, 1.807) is 16.7 Å². The summed E-state index contributed by atoms with van der Waals surface area (Å²) in [5.41, 5.74) is 0.719. The van der Waals surface area contributed by atoms with Crippen LogP contribution in [0.2, 0.25) is 0 Å². The Kier molecular flexibility index (Phi) is 8.85. The predicted octanol–water partition coefficient (Wildman–Crippen LogP) is 2.11. The Bertz CT molecular complexity index is 1040. The third kappa shape index (κ3) is 5.58. The van der Waals surface area contributed by atoms with Crippen molar-refractivity contribution in [3.05, 3.63) is 30.3 Å². The fourth-order valence-corrected chi connectivity index (χ4v) is 9.47. The van der Waals surface area contributed by atoms with E-state index in [4.69, 9.17) is 9.84 Å². The van der Waals surface area contributed by atoms with E-state index >= 15 is 0 Å². The highest BCUT2D eigenvalue weighted by Gasteiger charge is 2.76. The van der Waals surface area contributed by atoms with Crippen LogP contribution in [0.15, 0.2) is 30.3 Å². The maximum atomic E-state index is 14.1. The Morgan fingerprint density at radius 3 is 2.54 bits per heavy atom. The van der Waals surface area contributed by atoms with E-state index < -0.39 is 27.4 Å². The van der Waals surface area contributed by atoms with Crippen molar-refractivity contribution in [2.75, 3.05) is 57.9 Å². The van der Waals surface area contributed by atoms with E-state index in [1.807, 2.05) is 30.3 Å². The number of amides is 3. The molecule has 9 nitrogen and oxygen atoms in total. The van der Waals surface area contributed by atoms with Crippen molar-refractivity contribution in [1.82, 2.24) is 15.1 Å². The standard InChI is InChI=1S/C29H42N4O5S/c1-28-11-12-29(39-28)23(22(28)25(35)31-21-9-5-4-6-10-21)27(37)33(14-7-2-3-8-18-34)24(29)26(36)30-13-15-32-16-19-38-20-17-32/h4-6,9-10,22-24,34H,2-3,7-8,11-20H2,1H3,(H,30,36)(H,31,35)/t22-,23+,24?,28+,29?/m1/s1. The van der Waals surface area contributed by atoms with Gasteiger partial charge in [-0.15, -0.1) is 11.8 Å². The molecule has 3 amide bonds. The van der Waals surface area contributed by atoms with E-state index in [-0.39, 0.29) is 24.3 Å². The summed E-state index contributed by atoms with van der Waals surface area (Å²) < 4.78 is 4.44. The summed E-state index contributed by atoms with van der Waals surface area (Å²) in [5, 5.41) is 15.3. The van der Waals surface area contributed by atoms with E-state index in [0.717, 1.165) is 63.8 Å². The van der Waals surface area contributed by atoms with Gasteiger partial charge in [0.05, 0.1) is 29.8 Å². The second-order valence-corrected chi connectivity index (χ2v) is 13.4. The minimum atomic E-state index is -0.599. The molecule has 4 aliphatic rings. The van der Waals surface area contributed by atoms with Gasteiger partial charge >= 0.3 is 0 Å². The third-order valence-corrected chi connectivity index (χ3v) is 11.0. The van der Waals surface area contributed by atoms with Gasteiger partial charge in [-0.25, -0.2) is 0 Å². The highest BCUT2D eigenvalue weighted by molar-refractivity contribution is 8.02. The molecule has 2 unspecified atom stereocenters. The molecule has 3 N–H and O–H groups in total. The molecular weight excluding hydrogens is 516 g/mol. The second kappa shape index (κ2) is 12.2. The molecule has 1 spiro atoms. The number of fused-ring (bicyclic) bond motifs is 1. The molecule has 0 radical (unpaired) electrons. The molecule has 4 heterocycles. The first-order chi connectivity index (χ1) is 18.9. The zero-order valence-corrected chi connectivity index (χ0v) is 23.7. The van der Waals surface area contributed by atoms with E-state index in [2.05, 4.69) is 22.5 Å². The second-order valence-electron chi connectivity index (χ2n) is 11.5. The smallest absolute Gasteiger partial charge is 0.244 e. The van der Waals surface area contributed by atoms with Crippen LogP contribution in [0.25, 0.3) is 0 Å². The van der Waals surface area contributed by atoms with Crippen LogP contribution in [0.1, 0.15) is 45.4 Å². The number of anilines is 1. The van der Waals surface area contributed by atoms with Gasteiger partial charge in [0.2, 0.25) is 17.7 Å². The predicted molar refractivity (Wildman–Crippen MR) is 151 cm³/mol. The molecule has 0 aromatic heterocycles. The van der Waals surface area contributed by atoms with Gasteiger partial charge < -0.3 is 25.4 Å². The number of hydrogen-bond acceptors (Lipinski definition) is 7. The molecule has 5 rings (SSSR count). The number of carbonyl (C=O) groups is 3. The topological polar surface area (TPSA) is 111 Å². The van der Waals surface area contributed by atoms with Crippen molar-refractivity contribution in [3.8, 4) is 0 Å². The minimum absolute atomic E-state index is 0.0605. The maximum Gasteiger partial charge on any atom is 0.244 e. The summed E-state index contributed by atoms with van der Waals surface area (Å²) in [4.78, 5) is 45.8. The van der Waals surface area contributed by atoms with Crippen molar-refractivity contribution < 1.29 is 24.2 Å². The number of rotatable bonds is 12. The van der Waals surface area contributed by atoms with Crippen LogP contribution in [0, 0.1) is 11.8 Å². The van der Waals surface area contributed by atoms with Crippen molar-refractivity contribution >= 4 is 35.2 Å². The lowest BCUT2D eigenvalue weighted by atomic mass is 9.66. The first-order valence-corrected chi connectivity index (χ1v) is 15.3. The largest absolute Gasteiger partial charge is 0.396 e. The third-order valence-electron chi connectivity index (χ3n) is 8.99. The first kappa shape index (κ1) is 28.4. The highest BCUT2D eigenvalue weighted by atomic mass is 32.2. The van der Waals surface area contributed by atoms with Gasteiger partial charge in [0.25, 0.3) is 0 Å². The number of likely N-dealkylation sites (tertiary alicyclic amines) is 1. The van der Waals surface area contributed by atoms with Crippen molar-refractivity contribution in [2.45, 2.75) is 61.0 Å². The molecular formula is C29H42N4O5S. The van der Waals surface area contributed by atoms with Gasteiger partial charge in [-0.2, -0.15) is 0 Å². The van der Waals surface area contributed by atoms with Gasteiger partial charge in [-0.1, -0.05) is 31.0 Å². The molecule has 0 saturated carbocycles. The molecule has 2 bridgehead atoms. The van der Waals surface area contributed by atoms with Crippen molar-refractivity contribution in [1.29, 1.82) is 0 Å². The average Bonchev–Trinajstić information content (AvgIpc) is 3.50. The van der Waals surface area contributed by atoms with Crippen LogP contribution >= 0.6 is 11.8 Å². The maximum absolute atomic E-state index is 14.1. The van der Waals surface area contributed by atoms with Gasteiger partial charge in [0.15, 0.2) is 0 Å². The number of carbonyl (C=O) groups excluding carboxylic acids is 3. The fourth-order valence-electron chi connectivity index (χ4n) is 7.12. The van der Waals surface area contributed by atoms with Crippen molar-refractivity contribution in [2.24, 2.45) is 11.8 Å². The zero-order valence-electron chi connectivity index (χ0n) is 22.9.